The standard InChI is InChI=1S/C22H29N5O/c1-18-8-11-26(12-9-18)21(28)20-7-10-23-22(24-20)27-15-13-25(14-16-27)17-19-5-3-2-4-6-19/h2-7,10,18H,8-9,11-17H2,1H3. The maximum atomic E-state index is 12.8. The Morgan fingerprint density at radius 2 is 1.71 bits per heavy atom. The van der Waals surface area contributed by atoms with Gasteiger partial charge in [0.05, 0.1) is 0 Å². The van der Waals surface area contributed by atoms with Gasteiger partial charge in [-0.25, -0.2) is 9.97 Å². The molecular weight excluding hydrogens is 350 g/mol. The van der Waals surface area contributed by atoms with E-state index in [1.165, 1.54) is 5.56 Å². The predicted octanol–water partition coefficient (Wildman–Crippen LogP) is 2.67. The number of carbonyl (C=O) groups excluding carboxylic acids is 1. The lowest BCUT2D eigenvalue weighted by atomic mass is 9.99. The highest BCUT2D eigenvalue weighted by atomic mass is 16.2. The lowest BCUT2D eigenvalue weighted by Crippen LogP contribution is -2.46. The molecule has 0 aliphatic carbocycles. The maximum Gasteiger partial charge on any atom is 0.272 e. The molecule has 28 heavy (non-hydrogen) atoms. The Morgan fingerprint density at radius 1 is 1.00 bits per heavy atom. The number of aromatic nitrogens is 2. The number of nitrogens with zero attached hydrogens (tertiary/aromatic N) is 5. The molecule has 0 radical (unpaired) electrons. The van der Waals surface area contributed by atoms with Crippen LogP contribution in [-0.4, -0.2) is 64.9 Å². The van der Waals surface area contributed by atoms with E-state index in [4.69, 9.17) is 0 Å². The first-order chi connectivity index (χ1) is 13.7. The molecule has 3 heterocycles. The fourth-order valence-corrected chi connectivity index (χ4v) is 3.94. The number of rotatable bonds is 4. The Hall–Kier alpha value is -2.47. The van der Waals surface area contributed by atoms with Crippen molar-refractivity contribution in [3.63, 3.8) is 0 Å². The molecule has 1 amide bonds. The Kier molecular flexibility index (Phi) is 5.86. The summed E-state index contributed by atoms with van der Waals surface area (Å²) in [6.07, 6.45) is 3.87. The van der Waals surface area contributed by atoms with Gasteiger partial charge in [0, 0.05) is 52.0 Å². The second-order valence-electron chi connectivity index (χ2n) is 7.97. The van der Waals surface area contributed by atoms with Crippen LogP contribution >= 0.6 is 0 Å². The minimum atomic E-state index is 0.0401. The zero-order valence-corrected chi connectivity index (χ0v) is 16.6. The Bertz CT molecular complexity index is 781. The van der Waals surface area contributed by atoms with Crippen LogP contribution in [0.25, 0.3) is 0 Å². The summed E-state index contributed by atoms with van der Waals surface area (Å²) in [5.74, 6) is 1.42. The highest BCUT2D eigenvalue weighted by Gasteiger charge is 2.24. The molecule has 1 aromatic carbocycles. The third kappa shape index (κ3) is 4.50. The smallest absolute Gasteiger partial charge is 0.272 e. The van der Waals surface area contributed by atoms with Crippen molar-refractivity contribution >= 4 is 11.9 Å². The number of amides is 1. The van der Waals surface area contributed by atoms with Crippen LogP contribution in [0.5, 0.6) is 0 Å². The van der Waals surface area contributed by atoms with Crippen LogP contribution in [0.1, 0.15) is 35.8 Å². The Labute approximate surface area is 167 Å². The van der Waals surface area contributed by atoms with E-state index in [-0.39, 0.29) is 5.91 Å². The Balaban J connectivity index is 1.35. The number of benzene rings is 1. The van der Waals surface area contributed by atoms with E-state index in [2.05, 4.69) is 57.0 Å². The van der Waals surface area contributed by atoms with E-state index < -0.39 is 0 Å². The van der Waals surface area contributed by atoms with Gasteiger partial charge in [-0.2, -0.15) is 0 Å². The number of anilines is 1. The first-order valence-corrected chi connectivity index (χ1v) is 10.3. The van der Waals surface area contributed by atoms with Gasteiger partial charge < -0.3 is 9.80 Å². The minimum absolute atomic E-state index is 0.0401. The van der Waals surface area contributed by atoms with Crippen molar-refractivity contribution in [1.29, 1.82) is 0 Å². The molecule has 2 aliphatic rings. The van der Waals surface area contributed by atoms with Gasteiger partial charge in [0.15, 0.2) is 0 Å². The van der Waals surface area contributed by atoms with Crippen LogP contribution in [0, 0.1) is 5.92 Å². The molecule has 6 heteroatoms. The molecule has 148 valence electrons. The number of likely N-dealkylation sites (tertiary alicyclic amines) is 1. The average molecular weight is 380 g/mol. The third-order valence-corrected chi connectivity index (χ3v) is 5.84. The second kappa shape index (κ2) is 8.69. The van der Waals surface area contributed by atoms with Gasteiger partial charge >= 0.3 is 0 Å². The molecule has 0 spiro atoms. The van der Waals surface area contributed by atoms with E-state index in [9.17, 15) is 4.79 Å². The molecule has 2 saturated heterocycles. The highest BCUT2D eigenvalue weighted by molar-refractivity contribution is 5.92. The van der Waals surface area contributed by atoms with Crippen LogP contribution in [0.2, 0.25) is 0 Å². The number of piperidine rings is 1. The van der Waals surface area contributed by atoms with E-state index in [0.29, 0.717) is 17.6 Å². The van der Waals surface area contributed by atoms with Crippen LogP contribution in [0.15, 0.2) is 42.6 Å². The molecule has 2 fully saturated rings. The summed E-state index contributed by atoms with van der Waals surface area (Å²) in [4.78, 5) is 28.4. The SMILES string of the molecule is CC1CCN(C(=O)c2ccnc(N3CCN(Cc4ccccc4)CC3)n2)CC1. The molecule has 4 rings (SSSR count). The molecule has 2 aromatic rings. The van der Waals surface area contributed by atoms with Crippen molar-refractivity contribution in [2.45, 2.75) is 26.3 Å². The van der Waals surface area contributed by atoms with Crippen LogP contribution in [0.3, 0.4) is 0 Å². The summed E-state index contributed by atoms with van der Waals surface area (Å²) in [6.45, 7) is 8.59. The van der Waals surface area contributed by atoms with Crippen molar-refractivity contribution in [3.8, 4) is 0 Å². The number of piperazine rings is 1. The zero-order valence-electron chi connectivity index (χ0n) is 16.6. The zero-order chi connectivity index (χ0) is 19.3. The molecule has 0 saturated carbocycles. The van der Waals surface area contributed by atoms with Gasteiger partial charge in [0.1, 0.15) is 5.69 Å². The van der Waals surface area contributed by atoms with Crippen molar-refractivity contribution in [2.75, 3.05) is 44.2 Å². The second-order valence-corrected chi connectivity index (χ2v) is 7.97. The quantitative estimate of drug-likeness (QED) is 0.818. The van der Waals surface area contributed by atoms with Gasteiger partial charge in [-0.05, 0) is 30.4 Å². The number of carbonyl (C=O) groups is 1. The largest absolute Gasteiger partial charge is 0.338 e. The molecule has 0 unspecified atom stereocenters. The molecule has 0 bridgehead atoms. The van der Waals surface area contributed by atoms with E-state index >= 15 is 0 Å². The minimum Gasteiger partial charge on any atom is -0.338 e. The first kappa shape index (κ1) is 18.9. The topological polar surface area (TPSA) is 52.6 Å². The van der Waals surface area contributed by atoms with E-state index in [0.717, 1.165) is 58.7 Å². The third-order valence-electron chi connectivity index (χ3n) is 5.84. The molecule has 1 aromatic heterocycles. The van der Waals surface area contributed by atoms with E-state index in [1.54, 1.807) is 12.3 Å². The normalized spacial score (nSPS) is 19.0. The summed E-state index contributed by atoms with van der Waals surface area (Å²) < 4.78 is 0. The number of hydrogen-bond donors (Lipinski definition) is 0. The fourth-order valence-electron chi connectivity index (χ4n) is 3.94. The molecule has 0 atom stereocenters. The molecular formula is C22H29N5O. The average Bonchev–Trinajstić information content (AvgIpc) is 2.75. The number of hydrogen-bond acceptors (Lipinski definition) is 5. The van der Waals surface area contributed by atoms with Crippen LogP contribution < -0.4 is 4.90 Å². The van der Waals surface area contributed by atoms with Crippen LogP contribution in [-0.2, 0) is 6.54 Å². The maximum absolute atomic E-state index is 12.8. The molecule has 6 nitrogen and oxygen atoms in total. The highest BCUT2D eigenvalue weighted by Crippen LogP contribution is 2.19. The fraction of sp³-hybridized carbons (Fsp3) is 0.500. The molecule has 0 N–H and O–H groups in total. The van der Waals surface area contributed by atoms with E-state index in [1.807, 2.05) is 4.90 Å². The van der Waals surface area contributed by atoms with Crippen molar-refractivity contribution in [2.24, 2.45) is 5.92 Å². The summed E-state index contributed by atoms with van der Waals surface area (Å²) in [5.41, 5.74) is 1.86. The summed E-state index contributed by atoms with van der Waals surface area (Å²) >= 11 is 0. The van der Waals surface area contributed by atoms with Crippen molar-refractivity contribution in [3.05, 3.63) is 53.9 Å². The van der Waals surface area contributed by atoms with Gasteiger partial charge in [0.25, 0.3) is 5.91 Å². The summed E-state index contributed by atoms with van der Waals surface area (Å²) in [6, 6.07) is 12.3. The lowest BCUT2D eigenvalue weighted by Gasteiger charge is -2.35. The van der Waals surface area contributed by atoms with Crippen molar-refractivity contribution < 1.29 is 4.79 Å². The van der Waals surface area contributed by atoms with Gasteiger partial charge in [0.2, 0.25) is 5.95 Å². The summed E-state index contributed by atoms with van der Waals surface area (Å²) in [5, 5.41) is 0. The Morgan fingerprint density at radius 3 is 2.43 bits per heavy atom. The summed E-state index contributed by atoms with van der Waals surface area (Å²) in [7, 11) is 0. The predicted molar refractivity (Wildman–Crippen MR) is 110 cm³/mol. The van der Waals surface area contributed by atoms with Gasteiger partial charge in [-0.15, -0.1) is 0 Å². The van der Waals surface area contributed by atoms with Gasteiger partial charge in [-0.1, -0.05) is 37.3 Å². The molecule has 2 aliphatic heterocycles. The van der Waals surface area contributed by atoms with Crippen molar-refractivity contribution in [1.82, 2.24) is 19.8 Å². The van der Waals surface area contributed by atoms with Crippen LogP contribution in [0.4, 0.5) is 5.95 Å². The van der Waals surface area contributed by atoms with Gasteiger partial charge in [-0.3, -0.25) is 9.69 Å². The first-order valence-electron chi connectivity index (χ1n) is 10.3. The lowest BCUT2D eigenvalue weighted by molar-refractivity contribution is 0.0691. The monoisotopic (exact) mass is 379 g/mol.